The highest BCUT2D eigenvalue weighted by Gasteiger charge is 2.38. The smallest absolute Gasteiger partial charge is 0.408 e. The number of nitrogens with one attached hydrogen (secondary N) is 1. The zero-order valence-electron chi connectivity index (χ0n) is 23.6. The minimum Gasteiger partial charge on any atom is -0.480 e. The molecule has 0 saturated heterocycles. The van der Waals surface area contributed by atoms with Crippen LogP contribution in [0.3, 0.4) is 0 Å². The van der Waals surface area contributed by atoms with E-state index in [0.717, 1.165) is 27.9 Å². The lowest BCUT2D eigenvalue weighted by molar-refractivity contribution is -0.139. The molecule has 1 heterocycles. The lowest BCUT2D eigenvalue weighted by Gasteiger charge is -2.37. The molecule has 218 valence electrons. The Balaban J connectivity index is 1.28. The minimum atomic E-state index is -1.10. The lowest BCUT2D eigenvalue weighted by Crippen LogP contribution is -2.41. The number of alkyl carbamates (subject to hydrolysis) is 1. The largest absolute Gasteiger partial charge is 0.480 e. The Morgan fingerprint density at radius 1 is 0.814 bits per heavy atom. The number of amides is 1. The number of hydrogen-bond donors (Lipinski definition) is 2. The highest BCUT2D eigenvalue weighted by atomic mass is 32.2. The highest BCUT2D eigenvalue weighted by molar-refractivity contribution is 7.98. The van der Waals surface area contributed by atoms with Gasteiger partial charge in [0.25, 0.3) is 0 Å². The van der Waals surface area contributed by atoms with Crippen LogP contribution in [0.2, 0.25) is 0 Å². The number of thioether (sulfide) groups is 1. The zero-order valence-corrected chi connectivity index (χ0v) is 24.4. The van der Waals surface area contributed by atoms with Gasteiger partial charge in [0.2, 0.25) is 0 Å². The van der Waals surface area contributed by atoms with Gasteiger partial charge in [0.1, 0.15) is 18.2 Å². The molecule has 1 atom stereocenters. The topological polar surface area (TPSA) is 93.5 Å². The molecule has 0 spiro atoms. The molecule has 5 aromatic rings. The summed E-state index contributed by atoms with van der Waals surface area (Å²) < 4.78 is 7.36. The number of ether oxygens (including phenoxy) is 1. The third-order valence-corrected chi connectivity index (χ3v) is 8.23. The molecule has 0 bridgehead atoms. The monoisotopic (exact) mass is 591 g/mol. The quantitative estimate of drug-likeness (QED) is 0.117. The van der Waals surface area contributed by atoms with Gasteiger partial charge in [-0.25, -0.2) is 14.6 Å². The zero-order chi connectivity index (χ0) is 29.9. The van der Waals surface area contributed by atoms with E-state index in [9.17, 15) is 14.7 Å². The van der Waals surface area contributed by atoms with Crippen molar-refractivity contribution < 1.29 is 19.4 Å². The van der Waals surface area contributed by atoms with Gasteiger partial charge < -0.3 is 19.7 Å². The first kappa shape index (κ1) is 29.7. The van der Waals surface area contributed by atoms with Crippen molar-refractivity contribution in [2.24, 2.45) is 0 Å². The van der Waals surface area contributed by atoms with E-state index in [1.54, 1.807) is 11.8 Å². The van der Waals surface area contributed by atoms with Crippen LogP contribution < -0.4 is 5.32 Å². The van der Waals surface area contributed by atoms with Crippen LogP contribution in [0.4, 0.5) is 4.79 Å². The summed E-state index contributed by atoms with van der Waals surface area (Å²) in [6, 6.07) is 39.4. The third-order valence-electron chi connectivity index (χ3n) is 7.20. The van der Waals surface area contributed by atoms with Gasteiger partial charge in [0.05, 0.1) is 12.0 Å². The summed E-state index contributed by atoms with van der Waals surface area (Å²) in [6.07, 6.45) is 3.43. The maximum atomic E-state index is 12.2. The number of carbonyl (C=O) groups is 2. The van der Waals surface area contributed by atoms with Crippen LogP contribution in [0.15, 0.2) is 134 Å². The molecule has 0 aliphatic carbocycles. The minimum absolute atomic E-state index is 0.0762. The van der Waals surface area contributed by atoms with Gasteiger partial charge in [-0.2, -0.15) is 11.8 Å². The fourth-order valence-corrected chi connectivity index (χ4v) is 6.05. The van der Waals surface area contributed by atoms with E-state index in [1.807, 2.05) is 91.3 Å². The fourth-order valence-electron chi connectivity index (χ4n) is 5.15. The molecule has 8 heteroatoms. The molecule has 1 amide bonds. The predicted octanol–water partition coefficient (Wildman–Crippen LogP) is 6.73. The second-order valence-electron chi connectivity index (χ2n) is 10.0. The second-order valence-corrected chi connectivity index (χ2v) is 11.1. The first-order valence-corrected chi connectivity index (χ1v) is 15.2. The number of rotatable bonds is 13. The summed E-state index contributed by atoms with van der Waals surface area (Å²) in [7, 11) is 0. The highest BCUT2D eigenvalue weighted by Crippen LogP contribution is 2.40. The number of benzene rings is 4. The number of carboxylic acid groups (broad SMARTS) is 1. The Labute approximate surface area is 255 Å². The molecule has 0 unspecified atom stereocenters. The number of aliphatic carboxylic acids is 1. The van der Waals surface area contributed by atoms with Gasteiger partial charge in [-0.3, -0.25) is 0 Å². The Kier molecular flexibility index (Phi) is 9.92. The summed E-state index contributed by atoms with van der Waals surface area (Å²) in [4.78, 5) is 28.8. The molecule has 0 saturated carbocycles. The molecule has 0 aliphatic rings. The van der Waals surface area contributed by atoms with Crippen LogP contribution in [0.1, 0.15) is 34.4 Å². The van der Waals surface area contributed by atoms with Crippen LogP contribution in [-0.2, 0) is 27.4 Å². The van der Waals surface area contributed by atoms with Crippen LogP contribution >= 0.6 is 11.8 Å². The SMILES string of the molecule is O=C(N[C@@H](CCSCc1cn(C(c2ccccc2)(c2ccccc2)c2ccccc2)cn1)C(=O)O)OCc1ccccc1. The van der Waals surface area contributed by atoms with Gasteiger partial charge in [-0.1, -0.05) is 121 Å². The first-order valence-electron chi connectivity index (χ1n) is 14.0. The Hall–Kier alpha value is -4.82. The van der Waals surface area contributed by atoms with Crippen molar-refractivity contribution in [3.63, 3.8) is 0 Å². The van der Waals surface area contributed by atoms with E-state index >= 15 is 0 Å². The number of carbonyl (C=O) groups excluding carboxylic acids is 1. The molecule has 4 aromatic carbocycles. The van der Waals surface area contributed by atoms with Gasteiger partial charge >= 0.3 is 12.1 Å². The predicted molar refractivity (Wildman–Crippen MR) is 169 cm³/mol. The lowest BCUT2D eigenvalue weighted by atomic mass is 9.77. The van der Waals surface area contributed by atoms with Crippen LogP contribution in [0.25, 0.3) is 0 Å². The molecule has 1 aromatic heterocycles. The average molecular weight is 592 g/mol. The maximum Gasteiger partial charge on any atom is 0.408 e. The summed E-state index contributed by atoms with van der Waals surface area (Å²) in [5, 5.41) is 12.1. The Morgan fingerprint density at radius 2 is 1.33 bits per heavy atom. The number of imidazole rings is 1. The molecule has 0 fully saturated rings. The van der Waals surface area contributed by atoms with E-state index in [0.29, 0.717) is 11.5 Å². The molecule has 43 heavy (non-hydrogen) atoms. The molecule has 0 radical (unpaired) electrons. The average Bonchev–Trinajstić information content (AvgIpc) is 3.53. The van der Waals surface area contributed by atoms with E-state index in [-0.39, 0.29) is 13.0 Å². The van der Waals surface area contributed by atoms with E-state index in [2.05, 4.69) is 52.5 Å². The number of carboxylic acids is 1. The molecule has 7 nitrogen and oxygen atoms in total. The van der Waals surface area contributed by atoms with Crippen molar-refractivity contribution in [3.05, 3.63) is 162 Å². The fraction of sp³-hybridized carbons (Fsp3) is 0.171. The van der Waals surface area contributed by atoms with Gasteiger partial charge in [-0.05, 0) is 34.4 Å². The van der Waals surface area contributed by atoms with Gasteiger partial charge in [0, 0.05) is 11.9 Å². The van der Waals surface area contributed by atoms with Gasteiger partial charge in [-0.15, -0.1) is 0 Å². The summed E-state index contributed by atoms with van der Waals surface area (Å²) in [5.41, 5.74) is 4.39. The molecular formula is C35H33N3O4S. The van der Waals surface area contributed by atoms with Crippen LogP contribution in [0, 0.1) is 0 Å². The van der Waals surface area contributed by atoms with E-state index < -0.39 is 23.6 Å². The number of nitrogens with zero attached hydrogens (tertiary/aromatic N) is 2. The third kappa shape index (κ3) is 7.16. The first-order chi connectivity index (χ1) is 21.1. The van der Waals surface area contributed by atoms with Crippen molar-refractivity contribution in [3.8, 4) is 0 Å². The van der Waals surface area contributed by atoms with Crippen LogP contribution in [0.5, 0.6) is 0 Å². The molecule has 0 aliphatic heterocycles. The molecule has 2 N–H and O–H groups in total. The number of aromatic nitrogens is 2. The van der Waals surface area contributed by atoms with Crippen molar-refractivity contribution >= 4 is 23.8 Å². The van der Waals surface area contributed by atoms with Crippen molar-refractivity contribution in [1.29, 1.82) is 0 Å². The molecular weight excluding hydrogens is 558 g/mol. The second kappa shape index (κ2) is 14.4. The van der Waals surface area contributed by atoms with E-state index in [4.69, 9.17) is 9.72 Å². The van der Waals surface area contributed by atoms with Crippen LogP contribution in [-0.4, -0.2) is 38.5 Å². The maximum absolute atomic E-state index is 12.2. The summed E-state index contributed by atoms with van der Waals surface area (Å²) >= 11 is 1.57. The van der Waals surface area contributed by atoms with Crippen molar-refractivity contribution in [2.45, 2.75) is 30.4 Å². The van der Waals surface area contributed by atoms with E-state index in [1.165, 1.54) is 0 Å². The van der Waals surface area contributed by atoms with Gasteiger partial charge in [0.15, 0.2) is 0 Å². The van der Waals surface area contributed by atoms with Crippen molar-refractivity contribution in [2.75, 3.05) is 5.75 Å². The molecule has 5 rings (SSSR count). The summed E-state index contributed by atoms with van der Waals surface area (Å²) in [5.74, 6) is 0.0101. The Morgan fingerprint density at radius 3 is 1.84 bits per heavy atom. The van der Waals surface area contributed by atoms with Crippen molar-refractivity contribution in [1.82, 2.24) is 14.9 Å². The number of hydrogen-bond acceptors (Lipinski definition) is 5. The summed E-state index contributed by atoms with van der Waals surface area (Å²) in [6.45, 7) is 0.0762. The Bertz CT molecular complexity index is 1500. The normalized spacial score (nSPS) is 11.9. The standard InChI is InChI=1S/C35H33N3O4S/c39-33(40)32(37-34(41)42-24-27-13-5-1-6-14-27)21-22-43-25-31-23-38(26-36-31)35(28-15-7-2-8-16-28,29-17-9-3-10-18-29)30-19-11-4-12-20-30/h1-20,23,26,32H,21-22,24-25H2,(H,37,41)(H,39,40)/t32-/m0/s1.